The molecule has 3 N–H and O–H groups in total. The molecule has 1 amide bonds. The molecule has 9 heteroatoms. The summed E-state index contributed by atoms with van der Waals surface area (Å²) < 4.78 is 39.5. The number of amides is 1. The molecule has 2 heterocycles. The van der Waals surface area contributed by atoms with Gasteiger partial charge in [0.1, 0.15) is 5.82 Å². The standard InChI is InChI=1S/C13H10ClF3N4O/c14-9-2-1-6(13(15,16)17)5-8(9)10-7-3-4-19-11(7)21(20-10)12(18)22/h1-2,5,19H,3-4H2,(H2,18,22). The predicted molar refractivity (Wildman–Crippen MR) is 74.9 cm³/mol. The second-order valence-corrected chi connectivity index (χ2v) is 5.20. The fraction of sp³-hybridized carbons (Fsp3) is 0.231. The van der Waals surface area contributed by atoms with E-state index in [0.717, 1.165) is 22.9 Å². The van der Waals surface area contributed by atoms with Crippen molar-refractivity contribution < 1.29 is 18.0 Å². The summed E-state index contributed by atoms with van der Waals surface area (Å²) in [6.45, 7) is 0.546. The normalized spacial score (nSPS) is 13.8. The lowest BCUT2D eigenvalue weighted by Gasteiger charge is -2.09. The van der Waals surface area contributed by atoms with Gasteiger partial charge in [0.2, 0.25) is 0 Å². The highest BCUT2D eigenvalue weighted by atomic mass is 35.5. The Labute approximate surface area is 127 Å². The second kappa shape index (κ2) is 4.91. The molecular formula is C13H10ClF3N4O. The Bertz CT molecular complexity index is 769. The largest absolute Gasteiger partial charge is 0.416 e. The molecule has 1 aliphatic heterocycles. The van der Waals surface area contributed by atoms with Crippen molar-refractivity contribution in [2.75, 3.05) is 11.9 Å². The molecule has 0 atom stereocenters. The van der Waals surface area contributed by atoms with Crippen LogP contribution in [0, 0.1) is 0 Å². The van der Waals surface area contributed by atoms with E-state index in [-0.39, 0.29) is 16.3 Å². The third-order valence-electron chi connectivity index (χ3n) is 3.41. The maximum atomic E-state index is 12.9. The quantitative estimate of drug-likeness (QED) is 0.843. The third-order valence-corrected chi connectivity index (χ3v) is 3.74. The van der Waals surface area contributed by atoms with E-state index in [1.165, 1.54) is 0 Å². The molecule has 5 nitrogen and oxygen atoms in total. The average molecular weight is 331 g/mol. The van der Waals surface area contributed by atoms with Crippen LogP contribution < -0.4 is 11.1 Å². The van der Waals surface area contributed by atoms with Gasteiger partial charge in [-0.25, -0.2) is 4.79 Å². The van der Waals surface area contributed by atoms with Crippen molar-refractivity contribution in [3.8, 4) is 11.3 Å². The fourth-order valence-electron chi connectivity index (χ4n) is 2.43. The zero-order valence-electron chi connectivity index (χ0n) is 11.0. The number of carbonyl (C=O) groups is 1. The number of rotatable bonds is 1. The fourth-order valence-corrected chi connectivity index (χ4v) is 2.64. The number of nitrogens with one attached hydrogen (secondary N) is 1. The van der Waals surface area contributed by atoms with E-state index in [2.05, 4.69) is 10.4 Å². The van der Waals surface area contributed by atoms with E-state index >= 15 is 0 Å². The molecule has 0 fully saturated rings. The minimum Gasteiger partial charge on any atom is -0.369 e. The monoisotopic (exact) mass is 330 g/mol. The van der Waals surface area contributed by atoms with Crippen molar-refractivity contribution in [3.05, 3.63) is 34.3 Å². The second-order valence-electron chi connectivity index (χ2n) is 4.79. The maximum Gasteiger partial charge on any atom is 0.416 e. The van der Waals surface area contributed by atoms with Gasteiger partial charge in [0.05, 0.1) is 16.3 Å². The van der Waals surface area contributed by atoms with Gasteiger partial charge >= 0.3 is 12.2 Å². The van der Waals surface area contributed by atoms with Gasteiger partial charge in [0.15, 0.2) is 0 Å². The highest BCUT2D eigenvalue weighted by Gasteiger charge is 2.32. The van der Waals surface area contributed by atoms with Crippen LogP contribution in [0.25, 0.3) is 11.3 Å². The minimum absolute atomic E-state index is 0.122. The number of primary amides is 1. The molecule has 116 valence electrons. The van der Waals surface area contributed by atoms with Crippen LogP contribution in [0.5, 0.6) is 0 Å². The van der Waals surface area contributed by atoms with Crippen molar-refractivity contribution >= 4 is 23.4 Å². The van der Waals surface area contributed by atoms with Crippen molar-refractivity contribution in [2.45, 2.75) is 12.6 Å². The number of halogens is 4. The first-order valence-corrected chi connectivity index (χ1v) is 6.69. The van der Waals surface area contributed by atoms with E-state index in [1.54, 1.807) is 0 Å². The first-order chi connectivity index (χ1) is 10.3. The zero-order valence-corrected chi connectivity index (χ0v) is 11.8. The SMILES string of the molecule is NC(=O)n1nc(-c2cc(C(F)(F)F)ccc2Cl)c2c1NCC2. The van der Waals surface area contributed by atoms with E-state index < -0.39 is 17.8 Å². The van der Waals surface area contributed by atoms with Crippen LogP contribution in [0.2, 0.25) is 5.02 Å². The van der Waals surface area contributed by atoms with E-state index in [9.17, 15) is 18.0 Å². The van der Waals surface area contributed by atoms with Gasteiger partial charge in [-0.3, -0.25) is 0 Å². The van der Waals surface area contributed by atoms with E-state index in [0.29, 0.717) is 24.3 Å². The molecule has 22 heavy (non-hydrogen) atoms. The number of nitrogens with zero attached hydrogens (tertiary/aromatic N) is 2. The molecule has 1 aromatic heterocycles. The maximum absolute atomic E-state index is 12.9. The summed E-state index contributed by atoms with van der Waals surface area (Å²) in [5.74, 6) is 0.399. The lowest BCUT2D eigenvalue weighted by molar-refractivity contribution is -0.137. The predicted octanol–water partition coefficient (Wildman–Crippen LogP) is 3.12. The first kappa shape index (κ1) is 14.7. The van der Waals surface area contributed by atoms with Gasteiger partial charge < -0.3 is 11.1 Å². The van der Waals surface area contributed by atoms with Crippen LogP contribution >= 0.6 is 11.6 Å². The summed E-state index contributed by atoms with van der Waals surface area (Å²) in [7, 11) is 0. The number of aromatic nitrogens is 2. The molecule has 3 rings (SSSR count). The molecule has 2 aromatic rings. The number of alkyl halides is 3. The molecular weight excluding hydrogens is 321 g/mol. The molecule has 0 unspecified atom stereocenters. The number of fused-ring (bicyclic) bond motifs is 1. The van der Waals surface area contributed by atoms with Crippen LogP contribution in [0.15, 0.2) is 18.2 Å². The molecule has 1 aliphatic rings. The van der Waals surface area contributed by atoms with Crippen LogP contribution in [0.1, 0.15) is 11.1 Å². The summed E-state index contributed by atoms with van der Waals surface area (Å²) in [5.41, 5.74) is 5.37. The van der Waals surface area contributed by atoms with Gasteiger partial charge in [-0.1, -0.05) is 11.6 Å². The summed E-state index contributed by atoms with van der Waals surface area (Å²) in [6.07, 6.45) is -3.97. The number of hydrogen-bond acceptors (Lipinski definition) is 3. The number of anilines is 1. The lowest BCUT2D eigenvalue weighted by atomic mass is 10.0. The molecule has 0 aliphatic carbocycles. The van der Waals surface area contributed by atoms with Crippen molar-refractivity contribution in [1.82, 2.24) is 9.78 Å². The van der Waals surface area contributed by atoms with Crippen LogP contribution in [0.4, 0.5) is 23.8 Å². The Hall–Kier alpha value is -2.22. The highest BCUT2D eigenvalue weighted by Crippen LogP contribution is 2.39. The molecule has 0 radical (unpaired) electrons. The van der Waals surface area contributed by atoms with E-state index in [4.69, 9.17) is 17.3 Å². The number of carbonyl (C=O) groups excluding carboxylic acids is 1. The smallest absolute Gasteiger partial charge is 0.369 e. The van der Waals surface area contributed by atoms with Crippen LogP contribution in [0.3, 0.4) is 0 Å². The summed E-state index contributed by atoms with van der Waals surface area (Å²) in [4.78, 5) is 11.4. The van der Waals surface area contributed by atoms with Crippen molar-refractivity contribution in [3.63, 3.8) is 0 Å². The minimum atomic E-state index is -4.49. The van der Waals surface area contributed by atoms with Crippen LogP contribution in [-0.2, 0) is 12.6 Å². The van der Waals surface area contributed by atoms with Gasteiger partial charge in [-0.2, -0.15) is 23.0 Å². The highest BCUT2D eigenvalue weighted by molar-refractivity contribution is 6.33. The van der Waals surface area contributed by atoms with Gasteiger partial charge in [0.25, 0.3) is 0 Å². The Morgan fingerprint density at radius 3 is 2.77 bits per heavy atom. The molecule has 0 saturated heterocycles. The molecule has 0 saturated carbocycles. The zero-order chi connectivity index (χ0) is 16.1. The summed E-state index contributed by atoms with van der Waals surface area (Å²) >= 11 is 6.02. The Kier molecular flexibility index (Phi) is 3.28. The lowest BCUT2D eigenvalue weighted by Crippen LogP contribution is -2.22. The molecule has 0 spiro atoms. The Balaban J connectivity index is 2.20. The Morgan fingerprint density at radius 2 is 2.14 bits per heavy atom. The number of hydrogen-bond donors (Lipinski definition) is 2. The average Bonchev–Trinajstić information content (AvgIpc) is 2.99. The topological polar surface area (TPSA) is 72.9 Å². The van der Waals surface area contributed by atoms with Crippen molar-refractivity contribution in [2.24, 2.45) is 5.73 Å². The van der Waals surface area contributed by atoms with Gasteiger partial charge in [-0.05, 0) is 24.6 Å². The summed E-state index contributed by atoms with van der Waals surface area (Å²) in [6, 6.07) is 2.17. The first-order valence-electron chi connectivity index (χ1n) is 6.31. The molecule has 1 aromatic carbocycles. The van der Waals surface area contributed by atoms with Gasteiger partial charge in [-0.15, -0.1) is 0 Å². The van der Waals surface area contributed by atoms with Gasteiger partial charge in [0, 0.05) is 17.7 Å². The van der Waals surface area contributed by atoms with Crippen molar-refractivity contribution in [1.29, 1.82) is 0 Å². The Morgan fingerprint density at radius 1 is 1.41 bits per heavy atom. The number of nitrogens with two attached hydrogens (primary N) is 1. The van der Waals surface area contributed by atoms with E-state index in [1.807, 2.05) is 0 Å². The van der Waals surface area contributed by atoms with Crippen LogP contribution in [-0.4, -0.2) is 22.4 Å². The number of benzene rings is 1. The summed E-state index contributed by atoms with van der Waals surface area (Å²) in [5, 5.41) is 7.07. The molecule has 0 bridgehead atoms. The third kappa shape index (κ3) is 2.29.